The molecule has 1 aliphatic rings. The Labute approximate surface area is 147 Å². The van der Waals surface area contributed by atoms with Gasteiger partial charge in [0, 0.05) is 17.8 Å². The van der Waals surface area contributed by atoms with Crippen LogP contribution in [0.5, 0.6) is 5.75 Å². The molecule has 132 valence electrons. The lowest BCUT2D eigenvalue weighted by atomic mass is 10.0. The summed E-state index contributed by atoms with van der Waals surface area (Å²) in [6.45, 7) is 1.85. The first-order valence-electron chi connectivity index (χ1n) is 8.00. The van der Waals surface area contributed by atoms with Gasteiger partial charge in [-0.05, 0) is 55.2 Å². The Morgan fingerprint density at radius 3 is 2.68 bits per heavy atom. The van der Waals surface area contributed by atoms with Gasteiger partial charge >= 0.3 is 0 Å². The van der Waals surface area contributed by atoms with Gasteiger partial charge in [-0.1, -0.05) is 12.1 Å². The summed E-state index contributed by atoms with van der Waals surface area (Å²) < 4.78 is 33.2. The third-order valence-corrected chi connectivity index (χ3v) is 5.56. The molecule has 1 heterocycles. The van der Waals surface area contributed by atoms with Crippen LogP contribution in [0.4, 0.5) is 11.4 Å². The number of anilines is 2. The Kier molecular flexibility index (Phi) is 4.67. The van der Waals surface area contributed by atoms with Gasteiger partial charge in [0.15, 0.2) is 0 Å². The van der Waals surface area contributed by atoms with E-state index in [0.717, 1.165) is 29.7 Å². The van der Waals surface area contributed by atoms with E-state index in [0.29, 0.717) is 12.1 Å². The lowest BCUT2D eigenvalue weighted by molar-refractivity contribution is -0.116. The van der Waals surface area contributed by atoms with Crippen molar-refractivity contribution in [2.75, 3.05) is 17.1 Å². The van der Waals surface area contributed by atoms with Gasteiger partial charge in [0.25, 0.3) is 10.0 Å². The van der Waals surface area contributed by atoms with Crippen LogP contribution < -0.4 is 14.8 Å². The molecule has 0 radical (unpaired) electrons. The number of aryl methyl sites for hydroxylation is 2. The number of sulfonamides is 1. The molecule has 1 amide bonds. The van der Waals surface area contributed by atoms with Crippen molar-refractivity contribution in [1.29, 1.82) is 0 Å². The number of hydrogen-bond acceptors (Lipinski definition) is 4. The van der Waals surface area contributed by atoms with Crippen LogP contribution in [-0.2, 0) is 21.2 Å². The molecule has 0 bridgehead atoms. The third-order valence-electron chi connectivity index (χ3n) is 4.14. The van der Waals surface area contributed by atoms with Crippen LogP contribution >= 0.6 is 0 Å². The molecule has 0 aliphatic carbocycles. The van der Waals surface area contributed by atoms with Gasteiger partial charge in [0.1, 0.15) is 10.6 Å². The number of hydrogen-bond donors (Lipinski definition) is 2. The van der Waals surface area contributed by atoms with Crippen molar-refractivity contribution >= 4 is 27.3 Å². The van der Waals surface area contributed by atoms with E-state index in [9.17, 15) is 13.2 Å². The van der Waals surface area contributed by atoms with Crippen LogP contribution in [-0.4, -0.2) is 21.4 Å². The molecule has 0 aromatic heterocycles. The van der Waals surface area contributed by atoms with Crippen molar-refractivity contribution in [2.45, 2.75) is 31.1 Å². The number of rotatable bonds is 4. The van der Waals surface area contributed by atoms with Crippen molar-refractivity contribution in [3.8, 4) is 5.75 Å². The summed E-state index contributed by atoms with van der Waals surface area (Å²) >= 11 is 0. The number of ether oxygens (including phenoxy) is 1. The molecule has 7 heteroatoms. The molecule has 2 N–H and O–H groups in total. The molecule has 2 aromatic carbocycles. The SMILES string of the molecule is COc1ccccc1S(=O)(=O)Nc1cc(C)c2c(c1)CCCC(=O)N2. The Morgan fingerprint density at radius 1 is 1.16 bits per heavy atom. The van der Waals surface area contributed by atoms with Gasteiger partial charge in [-0.2, -0.15) is 0 Å². The van der Waals surface area contributed by atoms with Crippen molar-refractivity contribution in [1.82, 2.24) is 0 Å². The second-order valence-electron chi connectivity index (χ2n) is 5.99. The molecule has 6 nitrogen and oxygen atoms in total. The molecule has 0 saturated carbocycles. The van der Waals surface area contributed by atoms with Crippen LogP contribution in [0.15, 0.2) is 41.3 Å². The van der Waals surface area contributed by atoms with E-state index in [1.165, 1.54) is 13.2 Å². The van der Waals surface area contributed by atoms with Crippen LogP contribution in [0.1, 0.15) is 24.0 Å². The van der Waals surface area contributed by atoms with Gasteiger partial charge in [-0.3, -0.25) is 9.52 Å². The molecule has 1 aliphatic heterocycles. The largest absolute Gasteiger partial charge is 0.495 e. The topological polar surface area (TPSA) is 84.5 Å². The van der Waals surface area contributed by atoms with E-state index in [1.54, 1.807) is 30.3 Å². The number of fused-ring (bicyclic) bond motifs is 1. The van der Waals surface area contributed by atoms with Gasteiger partial charge in [-0.15, -0.1) is 0 Å². The molecule has 3 rings (SSSR count). The molecular formula is C18H20N2O4S. The molecule has 0 fully saturated rings. The average Bonchev–Trinajstić information content (AvgIpc) is 2.76. The maximum atomic E-state index is 12.7. The monoisotopic (exact) mass is 360 g/mol. The van der Waals surface area contributed by atoms with E-state index in [1.807, 2.05) is 6.92 Å². The van der Waals surface area contributed by atoms with Gasteiger partial charge < -0.3 is 10.1 Å². The summed E-state index contributed by atoms with van der Waals surface area (Å²) in [5.74, 6) is 0.276. The fraction of sp³-hybridized carbons (Fsp3) is 0.278. The standard InChI is InChI=1S/C18H20N2O4S/c1-12-10-14(11-13-6-5-9-17(21)19-18(12)13)20-25(22,23)16-8-4-3-7-15(16)24-2/h3-4,7-8,10-11,20H,5-6,9H2,1-2H3,(H,19,21). The third kappa shape index (κ3) is 3.61. The lowest BCUT2D eigenvalue weighted by Gasteiger charge is -2.15. The van der Waals surface area contributed by atoms with Crippen molar-refractivity contribution < 1.29 is 17.9 Å². The molecule has 2 aromatic rings. The van der Waals surface area contributed by atoms with E-state index in [-0.39, 0.29) is 16.6 Å². The van der Waals surface area contributed by atoms with Crippen LogP contribution in [0.2, 0.25) is 0 Å². The number of benzene rings is 2. The molecule has 0 atom stereocenters. The number of carbonyl (C=O) groups excluding carboxylic acids is 1. The maximum Gasteiger partial charge on any atom is 0.265 e. The zero-order valence-corrected chi connectivity index (χ0v) is 14.9. The predicted molar refractivity (Wildman–Crippen MR) is 96.5 cm³/mol. The van der Waals surface area contributed by atoms with E-state index < -0.39 is 10.0 Å². The van der Waals surface area contributed by atoms with E-state index >= 15 is 0 Å². The predicted octanol–water partition coefficient (Wildman–Crippen LogP) is 3.08. The maximum absolute atomic E-state index is 12.7. The minimum atomic E-state index is -3.78. The summed E-state index contributed by atoms with van der Waals surface area (Å²) in [5, 5.41) is 2.89. The van der Waals surface area contributed by atoms with Gasteiger partial charge in [0.2, 0.25) is 5.91 Å². The smallest absolute Gasteiger partial charge is 0.265 e. The van der Waals surface area contributed by atoms with E-state index in [4.69, 9.17) is 4.74 Å². The highest BCUT2D eigenvalue weighted by atomic mass is 32.2. The van der Waals surface area contributed by atoms with E-state index in [2.05, 4.69) is 10.0 Å². The van der Waals surface area contributed by atoms with Gasteiger partial charge in [-0.25, -0.2) is 8.42 Å². The van der Waals surface area contributed by atoms with Crippen molar-refractivity contribution in [3.05, 3.63) is 47.5 Å². The molecule has 0 spiro atoms. The summed E-state index contributed by atoms with van der Waals surface area (Å²) in [7, 11) is -2.35. The molecule has 0 saturated heterocycles. The Morgan fingerprint density at radius 2 is 1.92 bits per heavy atom. The number of amides is 1. The quantitative estimate of drug-likeness (QED) is 0.877. The Hall–Kier alpha value is -2.54. The number of para-hydroxylation sites is 1. The van der Waals surface area contributed by atoms with Gasteiger partial charge in [0.05, 0.1) is 7.11 Å². The van der Waals surface area contributed by atoms with Crippen LogP contribution in [0.3, 0.4) is 0 Å². The van der Waals surface area contributed by atoms with Crippen molar-refractivity contribution in [3.63, 3.8) is 0 Å². The highest BCUT2D eigenvalue weighted by Crippen LogP contribution is 2.31. The average molecular weight is 360 g/mol. The summed E-state index contributed by atoms with van der Waals surface area (Å²) in [6, 6.07) is 9.96. The molecule has 0 unspecified atom stereocenters. The Bertz CT molecular complexity index is 923. The second kappa shape index (κ2) is 6.76. The summed E-state index contributed by atoms with van der Waals surface area (Å²) in [4.78, 5) is 11.8. The Balaban J connectivity index is 1.97. The number of carbonyl (C=O) groups is 1. The number of nitrogens with one attached hydrogen (secondary N) is 2. The lowest BCUT2D eigenvalue weighted by Crippen LogP contribution is -2.15. The summed E-state index contributed by atoms with van der Waals surface area (Å²) in [5.41, 5.74) is 3.01. The second-order valence-corrected chi connectivity index (χ2v) is 7.64. The number of methoxy groups -OCH3 is 1. The molecular weight excluding hydrogens is 340 g/mol. The summed E-state index contributed by atoms with van der Waals surface area (Å²) in [6.07, 6.45) is 1.93. The normalized spacial score (nSPS) is 14.2. The first-order valence-corrected chi connectivity index (χ1v) is 9.48. The zero-order valence-electron chi connectivity index (χ0n) is 14.1. The fourth-order valence-electron chi connectivity index (χ4n) is 2.99. The van der Waals surface area contributed by atoms with Crippen molar-refractivity contribution in [2.24, 2.45) is 0 Å². The van der Waals surface area contributed by atoms with Crippen LogP contribution in [0, 0.1) is 6.92 Å². The highest BCUT2D eigenvalue weighted by molar-refractivity contribution is 7.92. The first-order chi connectivity index (χ1) is 11.9. The fourth-order valence-corrected chi connectivity index (χ4v) is 4.20. The first kappa shape index (κ1) is 17.3. The highest BCUT2D eigenvalue weighted by Gasteiger charge is 2.21. The van der Waals surface area contributed by atoms with Crippen LogP contribution in [0.25, 0.3) is 0 Å². The molecule has 25 heavy (non-hydrogen) atoms. The minimum absolute atomic E-state index is 0.01000. The minimum Gasteiger partial charge on any atom is -0.495 e. The zero-order chi connectivity index (χ0) is 18.0.